The Morgan fingerprint density at radius 3 is 2.68 bits per heavy atom. The summed E-state index contributed by atoms with van der Waals surface area (Å²) < 4.78 is 1.79. The Labute approximate surface area is 132 Å². The summed E-state index contributed by atoms with van der Waals surface area (Å²) in [5.74, 6) is 0.435. The number of hydrogen-bond acceptors (Lipinski definition) is 3. The van der Waals surface area contributed by atoms with Crippen LogP contribution in [-0.4, -0.2) is 53.0 Å². The van der Waals surface area contributed by atoms with Crippen LogP contribution in [0.2, 0.25) is 0 Å². The maximum absolute atomic E-state index is 12.6. The molecular weight excluding hydrogens is 278 g/mol. The topological polar surface area (TPSA) is 45.6 Å². The zero-order valence-corrected chi connectivity index (χ0v) is 14.3. The molecule has 0 saturated carbocycles. The molecule has 22 heavy (non-hydrogen) atoms. The molecule has 0 aliphatic carbocycles. The van der Waals surface area contributed by atoms with Crippen molar-refractivity contribution >= 4 is 5.91 Å². The van der Waals surface area contributed by atoms with Crippen molar-refractivity contribution in [2.75, 3.05) is 26.7 Å². The molecule has 1 amide bonds. The molecule has 1 saturated heterocycles. The highest BCUT2D eigenvalue weighted by molar-refractivity contribution is 5.92. The van der Waals surface area contributed by atoms with Gasteiger partial charge in [0.1, 0.15) is 5.69 Å². The Bertz CT molecular complexity index is 606. The van der Waals surface area contributed by atoms with E-state index in [-0.39, 0.29) is 11.3 Å². The number of aryl methyl sites for hydroxylation is 1. The Morgan fingerprint density at radius 2 is 2.09 bits per heavy atom. The van der Waals surface area contributed by atoms with E-state index < -0.39 is 0 Å². The number of likely N-dealkylation sites (tertiary alicyclic amines) is 1. The van der Waals surface area contributed by atoms with E-state index >= 15 is 0 Å². The zero-order valence-electron chi connectivity index (χ0n) is 14.3. The first-order chi connectivity index (χ1) is 10.3. The summed E-state index contributed by atoms with van der Waals surface area (Å²) in [6.45, 7) is 9.15. The van der Waals surface area contributed by atoms with Crippen LogP contribution in [0.5, 0.6) is 0 Å². The number of amides is 1. The van der Waals surface area contributed by atoms with Gasteiger partial charge in [-0.15, -0.1) is 0 Å². The Balaban J connectivity index is 2.06. The number of hydrogen-bond donors (Lipinski definition) is 0. The van der Waals surface area contributed by atoms with Gasteiger partial charge in [-0.2, -0.15) is 0 Å². The normalized spacial score (nSPS) is 18.9. The molecule has 0 bridgehead atoms. The quantitative estimate of drug-likeness (QED) is 0.847. The summed E-state index contributed by atoms with van der Waals surface area (Å²) in [6.07, 6.45) is 1.13. The van der Waals surface area contributed by atoms with Gasteiger partial charge in [-0.1, -0.05) is 0 Å². The predicted octanol–water partition coefficient (Wildman–Crippen LogP) is 1.50. The first kappa shape index (κ1) is 16.7. The summed E-state index contributed by atoms with van der Waals surface area (Å²) in [5, 5.41) is 0. The smallest absolute Gasteiger partial charge is 0.270 e. The van der Waals surface area contributed by atoms with E-state index in [1.165, 1.54) is 6.07 Å². The largest absolute Gasteiger partial charge is 0.344 e. The zero-order chi connectivity index (χ0) is 16.4. The molecule has 1 aromatic rings. The van der Waals surface area contributed by atoms with Gasteiger partial charge in [0.2, 0.25) is 0 Å². The number of rotatable bonds is 4. The van der Waals surface area contributed by atoms with Gasteiger partial charge in [0.05, 0.1) is 0 Å². The Morgan fingerprint density at radius 1 is 1.41 bits per heavy atom. The van der Waals surface area contributed by atoms with Gasteiger partial charge in [-0.25, -0.2) is 0 Å². The highest BCUT2D eigenvalue weighted by atomic mass is 16.2. The fraction of sp³-hybridized carbons (Fsp3) is 0.647. The number of nitrogens with zero attached hydrogens (tertiary/aromatic N) is 3. The molecule has 0 aromatic carbocycles. The fourth-order valence-electron chi connectivity index (χ4n) is 3.12. The van der Waals surface area contributed by atoms with Crippen molar-refractivity contribution in [3.63, 3.8) is 0 Å². The SMILES string of the molecule is Cc1cc(=O)cc(C(=O)N(C)C[C@H]2CCN(C(C)C)C2)n1C. The first-order valence-electron chi connectivity index (χ1n) is 7.96. The molecule has 1 aliphatic rings. The van der Waals surface area contributed by atoms with Crippen molar-refractivity contribution in [2.45, 2.75) is 33.2 Å². The maximum atomic E-state index is 12.6. The maximum Gasteiger partial charge on any atom is 0.270 e. The average molecular weight is 305 g/mol. The molecule has 0 spiro atoms. The molecule has 1 aliphatic heterocycles. The highest BCUT2D eigenvalue weighted by Gasteiger charge is 2.27. The van der Waals surface area contributed by atoms with E-state index in [1.807, 2.05) is 21.0 Å². The van der Waals surface area contributed by atoms with Crippen molar-refractivity contribution in [2.24, 2.45) is 13.0 Å². The molecule has 1 aromatic heterocycles. The fourth-order valence-corrected chi connectivity index (χ4v) is 3.12. The van der Waals surface area contributed by atoms with E-state index in [2.05, 4.69) is 18.7 Å². The Kier molecular flexibility index (Phi) is 5.06. The van der Waals surface area contributed by atoms with Crippen molar-refractivity contribution in [1.82, 2.24) is 14.4 Å². The molecule has 0 unspecified atom stereocenters. The van der Waals surface area contributed by atoms with Crippen LogP contribution in [0.4, 0.5) is 0 Å². The summed E-state index contributed by atoms with van der Waals surface area (Å²) in [6, 6.07) is 3.54. The lowest BCUT2D eigenvalue weighted by atomic mass is 10.1. The second kappa shape index (κ2) is 6.65. The third kappa shape index (κ3) is 3.58. The predicted molar refractivity (Wildman–Crippen MR) is 88.2 cm³/mol. The third-order valence-electron chi connectivity index (χ3n) is 4.67. The molecule has 5 nitrogen and oxygen atoms in total. The van der Waals surface area contributed by atoms with Crippen LogP contribution in [0.1, 0.15) is 36.5 Å². The molecule has 2 heterocycles. The molecule has 1 atom stereocenters. The minimum absolute atomic E-state index is 0.0775. The molecule has 0 N–H and O–H groups in total. The summed E-state index contributed by atoms with van der Waals surface area (Å²) >= 11 is 0. The lowest BCUT2D eigenvalue weighted by molar-refractivity contribution is 0.0761. The lowest BCUT2D eigenvalue weighted by Crippen LogP contribution is -2.36. The minimum atomic E-state index is -0.112. The van der Waals surface area contributed by atoms with Gasteiger partial charge in [0.25, 0.3) is 5.91 Å². The van der Waals surface area contributed by atoms with E-state index in [4.69, 9.17) is 0 Å². The molecule has 122 valence electrons. The van der Waals surface area contributed by atoms with E-state index in [0.717, 1.165) is 31.7 Å². The van der Waals surface area contributed by atoms with Gasteiger partial charge in [0, 0.05) is 51.1 Å². The second-order valence-corrected chi connectivity index (χ2v) is 6.71. The van der Waals surface area contributed by atoms with E-state index in [0.29, 0.717) is 17.7 Å². The van der Waals surface area contributed by atoms with Crippen LogP contribution in [0, 0.1) is 12.8 Å². The number of carbonyl (C=O) groups is 1. The van der Waals surface area contributed by atoms with Crippen LogP contribution in [0.3, 0.4) is 0 Å². The first-order valence-corrected chi connectivity index (χ1v) is 7.96. The molecular formula is C17H27N3O2. The molecule has 5 heteroatoms. The standard InChI is InChI=1S/C17H27N3O2/c1-12(2)20-7-6-14(11-20)10-18(4)17(22)16-9-15(21)8-13(3)19(16)5/h8-9,12,14H,6-7,10-11H2,1-5H3/t14-/m1/s1. The molecule has 2 rings (SSSR count). The second-order valence-electron chi connectivity index (χ2n) is 6.71. The highest BCUT2D eigenvalue weighted by Crippen LogP contribution is 2.19. The molecule has 1 fully saturated rings. The van der Waals surface area contributed by atoms with Crippen molar-refractivity contribution in [3.8, 4) is 0 Å². The van der Waals surface area contributed by atoms with Crippen molar-refractivity contribution in [3.05, 3.63) is 33.7 Å². The van der Waals surface area contributed by atoms with Crippen molar-refractivity contribution in [1.29, 1.82) is 0 Å². The van der Waals surface area contributed by atoms with Gasteiger partial charge < -0.3 is 14.4 Å². The van der Waals surface area contributed by atoms with Gasteiger partial charge in [0.15, 0.2) is 5.43 Å². The van der Waals surface area contributed by atoms with E-state index in [1.54, 1.807) is 15.5 Å². The van der Waals surface area contributed by atoms with Crippen LogP contribution >= 0.6 is 0 Å². The Hall–Kier alpha value is -1.62. The monoisotopic (exact) mass is 305 g/mol. The third-order valence-corrected chi connectivity index (χ3v) is 4.67. The average Bonchev–Trinajstić information content (AvgIpc) is 2.90. The lowest BCUT2D eigenvalue weighted by Gasteiger charge is -2.24. The van der Waals surface area contributed by atoms with Gasteiger partial charge in [-0.05, 0) is 39.7 Å². The minimum Gasteiger partial charge on any atom is -0.344 e. The van der Waals surface area contributed by atoms with Gasteiger partial charge >= 0.3 is 0 Å². The van der Waals surface area contributed by atoms with Crippen LogP contribution in [0.25, 0.3) is 0 Å². The number of carbonyl (C=O) groups excluding carboxylic acids is 1. The summed E-state index contributed by atoms with van der Waals surface area (Å²) in [5.41, 5.74) is 1.15. The van der Waals surface area contributed by atoms with Crippen molar-refractivity contribution < 1.29 is 4.79 Å². The number of aromatic nitrogens is 1. The van der Waals surface area contributed by atoms with Crippen LogP contribution in [-0.2, 0) is 7.05 Å². The summed E-state index contributed by atoms with van der Waals surface area (Å²) in [4.78, 5) is 28.5. The molecule has 0 radical (unpaired) electrons. The van der Waals surface area contributed by atoms with Crippen LogP contribution < -0.4 is 5.43 Å². The summed E-state index contributed by atoms with van der Waals surface area (Å²) in [7, 11) is 3.65. The number of pyridine rings is 1. The van der Waals surface area contributed by atoms with E-state index in [9.17, 15) is 9.59 Å². The van der Waals surface area contributed by atoms with Crippen LogP contribution in [0.15, 0.2) is 16.9 Å². The van der Waals surface area contributed by atoms with Gasteiger partial charge in [-0.3, -0.25) is 9.59 Å².